The number of nitrogens with one attached hydrogen (secondary N) is 1. The highest BCUT2D eigenvalue weighted by Gasteiger charge is 2.44. The first-order chi connectivity index (χ1) is 14.1. The standard InChI is InChI=1S/C22H25ClN4O2/c23-16-3-1-2-15(12-16)14-6-10-27(11-7-14)21-24-17-4-5-18(29)19(17)20(25-21)26-22(13-28)8-9-22/h1-3,12,14,28H,4-11,13H2,(H,24,25,26). The quantitative estimate of drug-likeness (QED) is 0.781. The Labute approximate surface area is 175 Å². The first-order valence-corrected chi connectivity index (χ1v) is 10.8. The number of aliphatic hydroxyl groups excluding tert-OH is 1. The molecule has 3 aliphatic rings. The number of nitrogens with zero attached hydrogens (tertiary/aromatic N) is 3. The lowest BCUT2D eigenvalue weighted by molar-refractivity contribution is 0.0995. The van der Waals surface area contributed by atoms with E-state index in [0.717, 1.165) is 49.5 Å². The number of rotatable bonds is 5. The highest BCUT2D eigenvalue weighted by molar-refractivity contribution is 6.30. The van der Waals surface area contributed by atoms with E-state index >= 15 is 0 Å². The van der Waals surface area contributed by atoms with Crippen LogP contribution in [-0.2, 0) is 6.42 Å². The first-order valence-electron chi connectivity index (χ1n) is 10.4. The summed E-state index contributed by atoms with van der Waals surface area (Å²) >= 11 is 6.16. The van der Waals surface area contributed by atoms with Crippen LogP contribution in [0.2, 0.25) is 5.02 Å². The van der Waals surface area contributed by atoms with Crippen LogP contribution in [0.25, 0.3) is 0 Å². The summed E-state index contributed by atoms with van der Waals surface area (Å²) < 4.78 is 0. The number of carbonyl (C=O) groups is 1. The van der Waals surface area contributed by atoms with Crippen molar-refractivity contribution < 1.29 is 9.90 Å². The number of benzene rings is 1. The van der Waals surface area contributed by atoms with Crippen molar-refractivity contribution in [1.82, 2.24) is 9.97 Å². The van der Waals surface area contributed by atoms with Crippen LogP contribution in [0.15, 0.2) is 24.3 Å². The molecule has 6 nitrogen and oxygen atoms in total. The number of piperidine rings is 1. The van der Waals surface area contributed by atoms with E-state index in [1.54, 1.807) is 0 Å². The molecule has 2 N–H and O–H groups in total. The van der Waals surface area contributed by atoms with Crippen molar-refractivity contribution in [2.75, 3.05) is 29.9 Å². The van der Waals surface area contributed by atoms with E-state index < -0.39 is 0 Å². The first kappa shape index (κ1) is 18.8. The normalized spacial score (nSPS) is 20.6. The van der Waals surface area contributed by atoms with Gasteiger partial charge in [-0.15, -0.1) is 0 Å². The monoisotopic (exact) mass is 412 g/mol. The topological polar surface area (TPSA) is 78.4 Å². The molecule has 0 bridgehead atoms. The molecule has 1 aliphatic heterocycles. The minimum absolute atomic E-state index is 0.0559. The smallest absolute Gasteiger partial charge is 0.227 e. The van der Waals surface area contributed by atoms with Gasteiger partial charge in [0.2, 0.25) is 5.95 Å². The van der Waals surface area contributed by atoms with Crippen LogP contribution >= 0.6 is 11.6 Å². The van der Waals surface area contributed by atoms with Crippen LogP contribution in [0.4, 0.5) is 11.8 Å². The van der Waals surface area contributed by atoms with E-state index in [4.69, 9.17) is 21.6 Å². The molecule has 0 unspecified atom stereocenters. The molecule has 1 saturated carbocycles. The van der Waals surface area contributed by atoms with Gasteiger partial charge >= 0.3 is 0 Å². The van der Waals surface area contributed by atoms with E-state index in [1.807, 2.05) is 12.1 Å². The number of aliphatic hydroxyl groups is 1. The maximum atomic E-state index is 12.4. The SMILES string of the molecule is O=C1CCc2nc(N3CCC(c4cccc(Cl)c4)CC3)nc(NC3(CO)CC3)c21. The third-order valence-electron chi connectivity index (χ3n) is 6.48. The molecule has 0 spiro atoms. The van der Waals surface area contributed by atoms with Crippen molar-refractivity contribution in [2.24, 2.45) is 0 Å². The van der Waals surface area contributed by atoms with Crippen LogP contribution in [-0.4, -0.2) is 46.1 Å². The summed E-state index contributed by atoms with van der Waals surface area (Å²) in [5.74, 6) is 1.89. The Balaban J connectivity index is 1.37. The van der Waals surface area contributed by atoms with Gasteiger partial charge in [-0.3, -0.25) is 4.79 Å². The zero-order chi connectivity index (χ0) is 20.0. The molecule has 0 amide bonds. The minimum atomic E-state index is -0.318. The van der Waals surface area contributed by atoms with Gasteiger partial charge in [-0.05, 0) is 55.7 Å². The summed E-state index contributed by atoms with van der Waals surface area (Å²) in [6.07, 6.45) is 4.99. The zero-order valence-corrected chi connectivity index (χ0v) is 17.1. The van der Waals surface area contributed by atoms with Crippen LogP contribution in [0.1, 0.15) is 59.6 Å². The van der Waals surface area contributed by atoms with Crippen LogP contribution < -0.4 is 10.2 Å². The zero-order valence-electron chi connectivity index (χ0n) is 16.3. The summed E-state index contributed by atoms with van der Waals surface area (Å²) in [4.78, 5) is 24.1. The number of aryl methyl sites for hydroxylation is 1. The summed E-state index contributed by atoms with van der Waals surface area (Å²) in [6.45, 7) is 1.79. The van der Waals surface area contributed by atoms with E-state index in [0.29, 0.717) is 36.1 Å². The predicted molar refractivity (Wildman–Crippen MR) is 113 cm³/mol. The Morgan fingerprint density at radius 2 is 2.00 bits per heavy atom. The second kappa shape index (κ2) is 7.26. The molecule has 152 valence electrons. The molecule has 1 aromatic carbocycles. The molecule has 29 heavy (non-hydrogen) atoms. The van der Waals surface area contributed by atoms with Crippen molar-refractivity contribution in [3.63, 3.8) is 0 Å². The number of ketones is 1. The van der Waals surface area contributed by atoms with Gasteiger partial charge in [-0.25, -0.2) is 4.98 Å². The Hall–Kier alpha value is -2.18. The number of fused-ring (bicyclic) bond motifs is 1. The number of aromatic nitrogens is 2. The Morgan fingerprint density at radius 1 is 1.21 bits per heavy atom. The lowest BCUT2D eigenvalue weighted by Gasteiger charge is -2.33. The van der Waals surface area contributed by atoms with Crippen molar-refractivity contribution in [1.29, 1.82) is 0 Å². The summed E-state index contributed by atoms with van der Waals surface area (Å²) in [6, 6.07) is 8.13. The highest BCUT2D eigenvalue weighted by Crippen LogP contribution is 2.40. The molecule has 2 aromatic rings. The molecule has 1 saturated heterocycles. The number of halogens is 1. The minimum Gasteiger partial charge on any atom is -0.394 e. The average molecular weight is 413 g/mol. The van der Waals surface area contributed by atoms with Gasteiger partial charge in [0.05, 0.1) is 23.4 Å². The van der Waals surface area contributed by atoms with Crippen LogP contribution in [0.5, 0.6) is 0 Å². The van der Waals surface area contributed by atoms with Crippen molar-refractivity contribution in [2.45, 2.75) is 50.0 Å². The van der Waals surface area contributed by atoms with Crippen LogP contribution in [0.3, 0.4) is 0 Å². The van der Waals surface area contributed by atoms with E-state index in [2.05, 4.69) is 22.3 Å². The van der Waals surface area contributed by atoms with E-state index in [1.165, 1.54) is 5.56 Å². The number of hydrogen-bond donors (Lipinski definition) is 2. The van der Waals surface area contributed by atoms with E-state index in [-0.39, 0.29) is 17.9 Å². The van der Waals surface area contributed by atoms with Gasteiger partial charge in [0.1, 0.15) is 5.82 Å². The van der Waals surface area contributed by atoms with Gasteiger partial charge in [0, 0.05) is 24.5 Å². The number of Topliss-reactive ketones (excluding diaryl/α,β-unsaturated/α-hetero) is 1. The average Bonchev–Trinajstić information content (AvgIpc) is 3.42. The van der Waals surface area contributed by atoms with Gasteiger partial charge in [0.25, 0.3) is 0 Å². The molecule has 2 heterocycles. The Morgan fingerprint density at radius 3 is 2.69 bits per heavy atom. The number of hydrogen-bond acceptors (Lipinski definition) is 6. The fourth-order valence-corrected chi connectivity index (χ4v) is 4.65. The molecule has 0 atom stereocenters. The second-order valence-electron chi connectivity index (χ2n) is 8.50. The molecule has 5 rings (SSSR count). The lowest BCUT2D eigenvalue weighted by atomic mass is 9.89. The maximum Gasteiger partial charge on any atom is 0.227 e. The van der Waals surface area contributed by atoms with Crippen molar-refractivity contribution in [3.05, 3.63) is 46.1 Å². The number of carbonyl (C=O) groups excluding carboxylic acids is 1. The summed E-state index contributed by atoms with van der Waals surface area (Å²) in [5, 5.41) is 13.8. The number of anilines is 2. The molecule has 2 aliphatic carbocycles. The highest BCUT2D eigenvalue weighted by atomic mass is 35.5. The molecular weight excluding hydrogens is 388 g/mol. The van der Waals surface area contributed by atoms with Crippen molar-refractivity contribution >= 4 is 29.2 Å². The molecule has 2 fully saturated rings. The Kier molecular flexibility index (Phi) is 4.71. The maximum absolute atomic E-state index is 12.4. The predicted octanol–water partition coefficient (Wildman–Crippen LogP) is 3.58. The van der Waals surface area contributed by atoms with Gasteiger partial charge in [-0.1, -0.05) is 23.7 Å². The molecular formula is C22H25ClN4O2. The Bertz CT molecular complexity index is 952. The van der Waals surface area contributed by atoms with Crippen LogP contribution in [0, 0.1) is 0 Å². The lowest BCUT2D eigenvalue weighted by Crippen LogP contribution is -2.35. The van der Waals surface area contributed by atoms with Crippen molar-refractivity contribution in [3.8, 4) is 0 Å². The molecule has 7 heteroatoms. The van der Waals surface area contributed by atoms with Gasteiger partial charge in [-0.2, -0.15) is 4.98 Å². The largest absolute Gasteiger partial charge is 0.394 e. The molecule has 1 aromatic heterocycles. The summed E-state index contributed by atoms with van der Waals surface area (Å²) in [7, 11) is 0. The van der Waals surface area contributed by atoms with Gasteiger partial charge < -0.3 is 15.3 Å². The van der Waals surface area contributed by atoms with Gasteiger partial charge in [0.15, 0.2) is 5.78 Å². The van der Waals surface area contributed by atoms with E-state index in [9.17, 15) is 9.90 Å². The fraction of sp³-hybridized carbons (Fsp3) is 0.500. The second-order valence-corrected chi connectivity index (χ2v) is 8.93. The third-order valence-corrected chi connectivity index (χ3v) is 6.71. The summed E-state index contributed by atoms with van der Waals surface area (Å²) in [5.41, 5.74) is 2.44. The molecule has 0 radical (unpaired) electrons. The third kappa shape index (κ3) is 3.60. The fourth-order valence-electron chi connectivity index (χ4n) is 4.45.